The number of carbonyl (C=O) groups is 1. The normalized spacial score (nSPS) is 12.5. The van der Waals surface area contributed by atoms with Gasteiger partial charge >= 0.3 is 0 Å². The van der Waals surface area contributed by atoms with E-state index < -0.39 is 0 Å². The number of aliphatic hydroxyl groups is 1. The minimum atomic E-state index is -0.354. The molecule has 0 aliphatic rings. The molecule has 4 nitrogen and oxygen atoms in total. The molecular formula is C11H24N2O2. The van der Waals surface area contributed by atoms with Crippen molar-refractivity contribution in [1.82, 2.24) is 5.32 Å². The highest BCUT2D eigenvalue weighted by Gasteiger charge is 2.10. The van der Waals surface area contributed by atoms with Crippen LogP contribution in [0.1, 0.15) is 45.4 Å². The van der Waals surface area contributed by atoms with Gasteiger partial charge in [-0.25, -0.2) is 0 Å². The summed E-state index contributed by atoms with van der Waals surface area (Å²) in [5.41, 5.74) is 5.65. The van der Waals surface area contributed by atoms with Gasteiger partial charge in [0.2, 0.25) is 5.91 Å². The lowest BCUT2D eigenvalue weighted by Gasteiger charge is -2.10. The zero-order chi connectivity index (χ0) is 11.5. The Balaban J connectivity index is 3.30. The first-order valence-corrected chi connectivity index (χ1v) is 5.86. The molecule has 0 radical (unpaired) electrons. The first kappa shape index (κ1) is 14.4. The van der Waals surface area contributed by atoms with Crippen LogP contribution in [0.15, 0.2) is 0 Å². The number of nitrogens with one attached hydrogen (secondary N) is 1. The van der Waals surface area contributed by atoms with Crippen LogP contribution in [0.5, 0.6) is 0 Å². The summed E-state index contributed by atoms with van der Waals surface area (Å²) in [6, 6.07) is -0.354. The smallest absolute Gasteiger partial charge is 0.236 e. The molecule has 0 aliphatic carbocycles. The molecule has 90 valence electrons. The highest BCUT2D eigenvalue weighted by atomic mass is 16.2. The maximum Gasteiger partial charge on any atom is 0.236 e. The lowest BCUT2D eigenvalue weighted by Crippen LogP contribution is -2.40. The molecule has 0 saturated heterocycles. The maximum atomic E-state index is 11.3. The number of carbonyl (C=O) groups excluding carboxylic acids is 1. The minimum Gasteiger partial charge on any atom is -0.396 e. The van der Waals surface area contributed by atoms with E-state index in [1.807, 2.05) is 6.92 Å². The second-order valence-corrected chi connectivity index (χ2v) is 3.82. The molecule has 1 atom stereocenters. The van der Waals surface area contributed by atoms with Gasteiger partial charge in [-0.1, -0.05) is 26.2 Å². The summed E-state index contributed by atoms with van der Waals surface area (Å²) < 4.78 is 0. The number of hydrogen-bond acceptors (Lipinski definition) is 3. The van der Waals surface area contributed by atoms with Gasteiger partial charge in [-0.3, -0.25) is 4.79 Å². The molecule has 0 saturated carbocycles. The Morgan fingerprint density at radius 3 is 2.60 bits per heavy atom. The van der Waals surface area contributed by atoms with E-state index in [2.05, 4.69) is 5.32 Å². The fourth-order valence-corrected chi connectivity index (χ4v) is 1.38. The lowest BCUT2D eigenvalue weighted by molar-refractivity contribution is -0.122. The average molecular weight is 216 g/mol. The Bertz CT molecular complexity index is 163. The molecule has 0 heterocycles. The van der Waals surface area contributed by atoms with Crippen molar-refractivity contribution in [1.29, 1.82) is 0 Å². The Kier molecular flexibility index (Phi) is 9.52. The minimum absolute atomic E-state index is 0.0426. The van der Waals surface area contributed by atoms with E-state index in [-0.39, 0.29) is 18.6 Å². The first-order valence-electron chi connectivity index (χ1n) is 5.86. The van der Waals surface area contributed by atoms with Crippen molar-refractivity contribution in [3.8, 4) is 0 Å². The van der Waals surface area contributed by atoms with E-state index in [0.29, 0.717) is 6.54 Å². The molecule has 4 heteroatoms. The molecule has 1 amide bonds. The molecule has 0 bridgehead atoms. The second-order valence-electron chi connectivity index (χ2n) is 3.82. The van der Waals surface area contributed by atoms with E-state index in [1.54, 1.807) is 0 Å². The Morgan fingerprint density at radius 2 is 2.00 bits per heavy atom. The highest BCUT2D eigenvalue weighted by Crippen LogP contribution is 1.98. The van der Waals surface area contributed by atoms with Crippen molar-refractivity contribution in [2.75, 3.05) is 13.2 Å². The van der Waals surface area contributed by atoms with Crippen LogP contribution in [0.2, 0.25) is 0 Å². The van der Waals surface area contributed by atoms with Gasteiger partial charge in [0.05, 0.1) is 6.04 Å². The van der Waals surface area contributed by atoms with Crippen LogP contribution in [-0.4, -0.2) is 30.2 Å². The summed E-state index contributed by atoms with van der Waals surface area (Å²) in [6.45, 7) is 2.97. The first-order chi connectivity index (χ1) is 7.22. The predicted molar refractivity (Wildman–Crippen MR) is 61.4 cm³/mol. The number of rotatable bonds is 9. The Morgan fingerprint density at radius 1 is 1.33 bits per heavy atom. The summed E-state index contributed by atoms with van der Waals surface area (Å²) in [4.78, 5) is 11.3. The van der Waals surface area contributed by atoms with Crippen molar-refractivity contribution in [2.45, 2.75) is 51.5 Å². The van der Waals surface area contributed by atoms with E-state index >= 15 is 0 Å². The van der Waals surface area contributed by atoms with Gasteiger partial charge in [0.1, 0.15) is 0 Å². The standard InChI is InChI=1S/C11H24N2O2/c1-2-7-10(12)11(15)13-8-5-3-4-6-9-14/h10,14H,2-9,12H2,1H3,(H,13,15)/t10-/m0/s1. The zero-order valence-electron chi connectivity index (χ0n) is 9.67. The topological polar surface area (TPSA) is 75.4 Å². The number of aliphatic hydroxyl groups excluding tert-OH is 1. The quantitative estimate of drug-likeness (QED) is 0.499. The van der Waals surface area contributed by atoms with Crippen molar-refractivity contribution in [3.05, 3.63) is 0 Å². The molecule has 0 rings (SSSR count). The van der Waals surface area contributed by atoms with Crippen molar-refractivity contribution in [2.24, 2.45) is 5.73 Å². The summed E-state index contributed by atoms with van der Waals surface area (Å²) in [6.07, 6.45) is 5.56. The summed E-state index contributed by atoms with van der Waals surface area (Å²) in [7, 11) is 0. The number of amides is 1. The van der Waals surface area contributed by atoms with Crippen molar-refractivity contribution < 1.29 is 9.90 Å². The van der Waals surface area contributed by atoms with Crippen LogP contribution >= 0.6 is 0 Å². The van der Waals surface area contributed by atoms with E-state index in [4.69, 9.17) is 10.8 Å². The van der Waals surface area contributed by atoms with Crippen LogP contribution in [-0.2, 0) is 4.79 Å². The van der Waals surface area contributed by atoms with Crippen molar-refractivity contribution in [3.63, 3.8) is 0 Å². The Hall–Kier alpha value is -0.610. The third-order valence-corrected chi connectivity index (χ3v) is 2.32. The van der Waals surface area contributed by atoms with Gasteiger partial charge in [0.25, 0.3) is 0 Å². The molecule has 0 unspecified atom stereocenters. The Labute approximate surface area is 92.2 Å². The highest BCUT2D eigenvalue weighted by molar-refractivity contribution is 5.81. The van der Waals surface area contributed by atoms with Gasteiger partial charge in [-0.15, -0.1) is 0 Å². The number of unbranched alkanes of at least 4 members (excludes halogenated alkanes) is 3. The largest absolute Gasteiger partial charge is 0.396 e. The monoisotopic (exact) mass is 216 g/mol. The molecule has 0 spiro atoms. The number of nitrogens with two attached hydrogens (primary N) is 1. The summed E-state index contributed by atoms with van der Waals surface area (Å²) in [5.74, 6) is -0.0426. The fraction of sp³-hybridized carbons (Fsp3) is 0.909. The summed E-state index contributed by atoms with van der Waals surface area (Å²) >= 11 is 0. The van der Waals surface area contributed by atoms with Crippen molar-refractivity contribution >= 4 is 5.91 Å². The molecule has 0 aliphatic heterocycles. The molecule has 0 aromatic carbocycles. The van der Waals surface area contributed by atoms with Crippen LogP contribution in [0, 0.1) is 0 Å². The third kappa shape index (κ3) is 8.39. The lowest BCUT2D eigenvalue weighted by atomic mass is 10.1. The molecule has 0 aromatic heterocycles. The van der Waals surface area contributed by atoms with E-state index in [1.165, 1.54) is 0 Å². The van der Waals surface area contributed by atoms with Gasteiger partial charge in [-0.2, -0.15) is 0 Å². The van der Waals surface area contributed by atoms with Crippen LogP contribution < -0.4 is 11.1 Å². The van der Waals surface area contributed by atoms with E-state index in [0.717, 1.165) is 38.5 Å². The molecular weight excluding hydrogens is 192 g/mol. The predicted octanol–water partition coefficient (Wildman–Crippen LogP) is 0.783. The van der Waals surface area contributed by atoms with Crippen LogP contribution in [0.25, 0.3) is 0 Å². The van der Waals surface area contributed by atoms with Gasteiger partial charge < -0.3 is 16.2 Å². The van der Waals surface area contributed by atoms with E-state index in [9.17, 15) is 4.79 Å². The fourth-order valence-electron chi connectivity index (χ4n) is 1.38. The van der Waals surface area contributed by atoms with Crippen LogP contribution in [0.4, 0.5) is 0 Å². The van der Waals surface area contributed by atoms with Gasteiger partial charge in [-0.05, 0) is 19.3 Å². The number of hydrogen-bond donors (Lipinski definition) is 3. The third-order valence-electron chi connectivity index (χ3n) is 2.32. The zero-order valence-corrected chi connectivity index (χ0v) is 9.67. The van der Waals surface area contributed by atoms with Gasteiger partial charge in [0.15, 0.2) is 0 Å². The van der Waals surface area contributed by atoms with Crippen LogP contribution in [0.3, 0.4) is 0 Å². The van der Waals surface area contributed by atoms with Gasteiger partial charge in [0, 0.05) is 13.2 Å². The SMILES string of the molecule is CCC[C@H](N)C(=O)NCCCCCCO. The molecule has 0 aromatic rings. The average Bonchev–Trinajstić information content (AvgIpc) is 2.23. The summed E-state index contributed by atoms with van der Waals surface area (Å²) in [5, 5.41) is 11.4. The molecule has 15 heavy (non-hydrogen) atoms. The maximum absolute atomic E-state index is 11.3. The molecule has 4 N–H and O–H groups in total. The second kappa shape index (κ2) is 9.93. The molecule has 0 fully saturated rings.